The van der Waals surface area contributed by atoms with Gasteiger partial charge in [0.2, 0.25) is 11.8 Å². The number of methoxy groups -OCH3 is 2. The molecule has 1 saturated carbocycles. The Morgan fingerprint density at radius 3 is 2.15 bits per heavy atom. The topological polar surface area (TPSA) is 176 Å². The normalized spacial score (nSPS) is 16.2. The van der Waals surface area contributed by atoms with E-state index in [1.54, 1.807) is 73.1 Å². The third-order valence-electron chi connectivity index (χ3n) is 11.9. The van der Waals surface area contributed by atoms with Gasteiger partial charge in [-0.05, 0) is 119 Å². The Bertz CT molecular complexity index is 2060. The van der Waals surface area contributed by atoms with Crippen LogP contribution in [0, 0.1) is 5.92 Å². The standard InChI is InChI=1S/C47H67N7O8/c1-11-33-22-23-47(46(59)60,32(5)28-33)49-44(57)36-30-38(43-39(61-9)16-13-17-40(43)62-10)54(50-36)37-19-18-34(29-35(37)31(3)4)45(58)53(8)27-15-25-51(6)24-14-26-52(7)42(56)21-20-41(55)48-12-2/h13,16-19,29-31,33H,5,11-12,14-15,20-28H2,1-4,6-10H3,(H,48,55)(H,49,57)(H,59,60). The van der Waals surface area contributed by atoms with Crippen LogP contribution in [0.3, 0.4) is 0 Å². The van der Waals surface area contributed by atoms with Gasteiger partial charge in [-0.1, -0.05) is 39.8 Å². The van der Waals surface area contributed by atoms with Crippen LogP contribution in [-0.2, 0) is 14.4 Å². The first-order valence-electron chi connectivity index (χ1n) is 21.7. The van der Waals surface area contributed by atoms with Gasteiger partial charge in [0, 0.05) is 52.1 Å². The lowest BCUT2D eigenvalue weighted by atomic mass is 9.72. The van der Waals surface area contributed by atoms with E-state index in [-0.39, 0.29) is 48.6 Å². The van der Waals surface area contributed by atoms with E-state index >= 15 is 0 Å². The number of carbonyl (C=O) groups excluding carboxylic acids is 4. The van der Waals surface area contributed by atoms with Crippen LogP contribution < -0.4 is 20.1 Å². The second kappa shape index (κ2) is 22.4. The lowest BCUT2D eigenvalue weighted by Gasteiger charge is -2.39. The minimum Gasteiger partial charge on any atom is -0.496 e. The van der Waals surface area contributed by atoms with Gasteiger partial charge in [-0.15, -0.1) is 0 Å². The van der Waals surface area contributed by atoms with E-state index in [0.717, 1.165) is 37.9 Å². The molecule has 62 heavy (non-hydrogen) atoms. The van der Waals surface area contributed by atoms with Crippen molar-refractivity contribution in [2.45, 2.75) is 90.5 Å². The summed E-state index contributed by atoms with van der Waals surface area (Å²) >= 11 is 0. The SMILES string of the molecule is C=C1CC(CC)CCC1(NC(=O)c1cc(-c2c(OC)cccc2OC)n(-c2ccc(C(=O)N(C)CCCN(C)CCCN(C)C(=O)CCC(=O)NCC)cc2C(C)C)n1)C(=O)O. The lowest BCUT2D eigenvalue weighted by Crippen LogP contribution is -2.57. The van der Waals surface area contributed by atoms with Gasteiger partial charge in [0.05, 0.1) is 31.2 Å². The van der Waals surface area contributed by atoms with E-state index < -0.39 is 17.4 Å². The lowest BCUT2D eigenvalue weighted by molar-refractivity contribution is -0.144. The molecule has 0 spiro atoms. The molecular weight excluding hydrogens is 791 g/mol. The van der Waals surface area contributed by atoms with Gasteiger partial charge in [-0.2, -0.15) is 5.10 Å². The van der Waals surface area contributed by atoms with E-state index in [4.69, 9.17) is 14.6 Å². The van der Waals surface area contributed by atoms with E-state index in [2.05, 4.69) is 29.0 Å². The van der Waals surface area contributed by atoms with Crippen molar-refractivity contribution >= 4 is 29.6 Å². The molecule has 3 aromatic rings. The van der Waals surface area contributed by atoms with Crippen LogP contribution in [0.25, 0.3) is 16.9 Å². The number of carbonyl (C=O) groups is 5. The van der Waals surface area contributed by atoms with Crippen LogP contribution in [0.4, 0.5) is 0 Å². The van der Waals surface area contributed by atoms with Crippen LogP contribution in [0.1, 0.15) is 111 Å². The van der Waals surface area contributed by atoms with E-state index in [0.29, 0.717) is 78.0 Å². The van der Waals surface area contributed by atoms with Crippen molar-refractivity contribution in [3.63, 3.8) is 0 Å². The molecule has 0 aliphatic heterocycles. The molecule has 4 amide bonds. The Hall–Kier alpha value is -5.70. The average molecular weight is 858 g/mol. The number of nitrogens with one attached hydrogen (secondary N) is 2. The fourth-order valence-corrected chi connectivity index (χ4v) is 8.00. The molecule has 1 heterocycles. The molecule has 15 heteroatoms. The Balaban J connectivity index is 1.54. The first-order valence-corrected chi connectivity index (χ1v) is 21.7. The zero-order chi connectivity index (χ0) is 45.7. The molecule has 0 radical (unpaired) electrons. The number of aromatic nitrogens is 2. The van der Waals surface area contributed by atoms with Gasteiger partial charge in [-0.3, -0.25) is 19.2 Å². The van der Waals surface area contributed by atoms with E-state index in [1.165, 1.54) is 0 Å². The minimum absolute atomic E-state index is 0.00710. The molecule has 2 atom stereocenters. The van der Waals surface area contributed by atoms with Gasteiger partial charge in [0.25, 0.3) is 11.8 Å². The molecule has 4 rings (SSSR count). The highest BCUT2D eigenvalue weighted by Crippen LogP contribution is 2.41. The quantitative estimate of drug-likeness (QED) is 0.0994. The summed E-state index contributed by atoms with van der Waals surface area (Å²) in [7, 11) is 8.64. The number of carboxylic acid groups (broad SMARTS) is 1. The molecular formula is C47H67N7O8. The van der Waals surface area contributed by atoms with Gasteiger partial charge in [0.15, 0.2) is 11.2 Å². The van der Waals surface area contributed by atoms with Gasteiger partial charge in [-0.25, -0.2) is 9.48 Å². The van der Waals surface area contributed by atoms with Crippen LogP contribution in [0.2, 0.25) is 0 Å². The zero-order valence-electron chi connectivity index (χ0n) is 38.1. The summed E-state index contributed by atoms with van der Waals surface area (Å²) in [4.78, 5) is 70.5. The number of benzene rings is 2. The Morgan fingerprint density at radius 2 is 1.58 bits per heavy atom. The maximum atomic E-state index is 14.2. The number of nitrogens with zero attached hydrogens (tertiary/aromatic N) is 5. The largest absolute Gasteiger partial charge is 0.496 e. The number of hydrogen-bond donors (Lipinski definition) is 3. The number of aliphatic carboxylic acids is 1. The molecule has 0 bridgehead atoms. The second-order valence-corrected chi connectivity index (χ2v) is 16.6. The average Bonchev–Trinajstić information content (AvgIpc) is 3.70. The van der Waals surface area contributed by atoms with Crippen LogP contribution in [-0.4, -0.2) is 133 Å². The molecule has 2 unspecified atom stereocenters. The smallest absolute Gasteiger partial charge is 0.333 e. The van der Waals surface area contributed by atoms with Crippen molar-refractivity contribution in [1.29, 1.82) is 0 Å². The van der Waals surface area contributed by atoms with Crippen molar-refractivity contribution in [2.75, 3.05) is 68.1 Å². The molecule has 1 aromatic heterocycles. The number of rotatable bonds is 22. The summed E-state index contributed by atoms with van der Waals surface area (Å²) in [5.74, 6) is -0.951. The van der Waals surface area contributed by atoms with Crippen LogP contribution >= 0.6 is 0 Å². The highest BCUT2D eigenvalue weighted by Gasteiger charge is 2.46. The van der Waals surface area contributed by atoms with Crippen LogP contribution in [0.15, 0.2) is 54.6 Å². The van der Waals surface area contributed by atoms with Gasteiger partial charge >= 0.3 is 5.97 Å². The molecule has 2 aromatic carbocycles. The first-order chi connectivity index (χ1) is 29.5. The molecule has 3 N–H and O–H groups in total. The van der Waals surface area contributed by atoms with Crippen LogP contribution in [0.5, 0.6) is 11.5 Å². The predicted octanol–water partition coefficient (Wildman–Crippen LogP) is 6.16. The fourth-order valence-electron chi connectivity index (χ4n) is 8.00. The van der Waals surface area contributed by atoms with Gasteiger partial charge < -0.3 is 39.9 Å². The van der Waals surface area contributed by atoms with Crippen molar-refractivity contribution in [3.05, 3.63) is 71.4 Å². The third-order valence-corrected chi connectivity index (χ3v) is 11.9. The number of ether oxygens (including phenoxy) is 2. The van der Waals surface area contributed by atoms with E-state index in [1.807, 2.05) is 40.0 Å². The molecule has 338 valence electrons. The highest BCUT2D eigenvalue weighted by atomic mass is 16.5. The summed E-state index contributed by atoms with van der Waals surface area (Å²) in [6.45, 7) is 15.3. The fraction of sp³-hybridized carbons (Fsp3) is 0.532. The van der Waals surface area contributed by atoms with E-state index in [9.17, 15) is 29.1 Å². The second-order valence-electron chi connectivity index (χ2n) is 16.6. The Kier molecular flexibility index (Phi) is 17.7. The molecule has 15 nitrogen and oxygen atoms in total. The summed E-state index contributed by atoms with van der Waals surface area (Å²) in [5, 5.41) is 20.8. The minimum atomic E-state index is -1.63. The zero-order valence-corrected chi connectivity index (χ0v) is 38.1. The van der Waals surface area contributed by atoms with Crippen molar-refractivity contribution in [1.82, 2.24) is 35.1 Å². The van der Waals surface area contributed by atoms with Crippen molar-refractivity contribution < 1.29 is 38.6 Å². The molecule has 1 aliphatic carbocycles. The first kappa shape index (κ1) is 49.0. The maximum Gasteiger partial charge on any atom is 0.333 e. The summed E-state index contributed by atoms with van der Waals surface area (Å²) < 4.78 is 13.2. The Morgan fingerprint density at radius 1 is 0.935 bits per heavy atom. The monoisotopic (exact) mass is 858 g/mol. The number of hydrogen-bond acceptors (Lipinski definition) is 9. The molecule has 0 saturated heterocycles. The summed E-state index contributed by atoms with van der Waals surface area (Å²) in [6.07, 6.45) is 4.16. The molecule has 1 fully saturated rings. The van der Waals surface area contributed by atoms with Crippen molar-refractivity contribution in [3.8, 4) is 28.4 Å². The summed E-state index contributed by atoms with van der Waals surface area (Å²) in [6, 6.07) is 12.4. The third kappa shape index (κ3) is 11.8. The highest BCUT2D eigenvalue weighted by molar-refractivity contribution is 5.99. The number of amides is 4. The molecule has 1 aliphatic rings. The van der Waals surface area contributed by atoms with Gasteiger partial charge in [0.1, 0.15) is 11.5 Å². The van der Waals surface area contributed by atoms with Crippen molar-refractivity contribution in [2.24, 2.45) is 5.92 Å². The predicted molar refractivity (Wildman–Crippen MR) is 240 cm³/mol. The Labute approximate surface area is 366 Å². The maximum absolute atomic E-state index is 14.2. The number of carboxylic acids is 1. The summed E-state index contributed by atoms with van der Waals surface area (Å²) in [5.41, 5.74) is 1.76.